The normalized spacial score (nSPS) is 17.2. The van der Waals surface area contributed by atoms with Crippen LogP contribution in [0.5, 0.6) is 0 Å². The van der Waals surface area contributed by atoms with Gasteiger partial charge in [0.15, 0.2) is 0 Å². The fourth-order valence-electron chi connectivity index (χ4n) is 3.66. The van der Waals surface area contributed by atoms with Crippen molar-refractivity contribution in [2.45, 2.75) is 13.3 Å². The average Bonchev–Trinajstić information content (AvgIpc) is 2.69. The molecule has 1 aromatic carbocycles. The Morgan fingerprint density at radius 3 is 2.13 bits per heavy atom. The van der Waals surface area contributed by atoms with E-state index in [1.54, 1.807) is 0 Å². The van der Waals surface area contributed by atoms with Gasteiger partial charge in [0.2, 0.25) is 11.8 Å². The summed E-state index contributed by atoms with van der Waals surface area (Å²) in [5, 5.41) is 6.33. The number of rotatable bonds is 6. The third kappa shape index (κ3) is 8.57. The molecule has 1 aromatic rings. The second-order valence-corrected chi connectivity index (χ2v) is 7.24. The zero-order valence-corrected chi connectivity index (χ0v) is 19.9. The number of piperazine rings is 2. The Morgan fingerprint density at radius 2 is 1.50 bits per heavy atom. The molecular formula is C20H34Cl3N5O2. The molecule has 0 spiro atoms. The maximum Gasteiger partial charge on any atom is 0.238 e. The molecule has 0 saturated carbocycles. The van der Waals surface area contributed by atoms with Gasteiger partial charge in [-0.05, 0) is 18.1 Å². The molecule has 0 radical (unpaired) electrons. The van der Waals surface area contributed by atoms with Gasteiger partial charge in [-0.15, -0.1) is 37.2 Å². The number of para-hydroxylation sites is 1. The molecule has 30 heavy (non-hydrogen) atoms. The first kappa shape index (κ1) is 28.9. The summed E-state index contributed by atoms with van der Waals surface area (Å²) in [5.74, 6) is 0.217. The summed E-state index contributed by atoms with van der Waals surface area (Å²) < 4.78 is 0. The molecule has 172 valence electrons. The van der Waals surface area contributed by atoms with Crippen molar-refractivity contribution >= 4 is 54.7 Å². The van der Waals surface area contributed by atoms with Gasteiger partial charge in [0, 0.05) is 58.0 Å². The first-order chi connectivity index (χ1) is 13.2. The van der Waals surface area contributed by atoms with Crippen LogP contribution < -0.4 is 10.6 Å². The topological polar surface area (TPSA) is 67.9 Å². The summed E-state index contributed by atoms with van der Waals surface area (Å²) in [7, 11) is 0. The Hall–Kier alpha value is -1.09. The van der Waals surface area contributed by atoms with Crippen molar-refractivity contribution < 1.29 is 9.59 Å². The molecule has 3 rings (SSSR count). The molecule has 10 heteroatoms. The molecule has 2 heterocycles. The Kier molecular flexibility index (Phi) is 14.3. The molecule has 2 fully saturated rings. The van der Waals surface area contributed by atoms with Crippen molar-refractivity contribution in [1.29, 1.82) is 0 Å². The second-order valence-electron chi connectivity index (χ2n) is 7.24. The molecule has 0 bridgehead atoms. The fraction of sp³-hybridized carbons (Fsp3) is 0.600. The molecule has 0 aliphatic carbocycles. The van der Waals surface area contributed by atoms with Crippen LogP contribution in [0.4, 0.5) is 5.69 Å². The highest BCUT2D eigenvalue weighted by molar-refractivity contribution is 5.93. The van der Waals surface area contributed by atoms with Crippen LogP contribution in [0.15, 0.2) is 24.3 Å². The lowest BCUT2D eigenvalue weighted by Crippen LogP contribution is -2.54. The van der Waals surface area contributed by atoms with E-state index in [0.29, 0.717) is 26.2 Å². The lowest BCUT2D eigenvalue weighted by Gasteiger charge is -2.36. The third-order valence-corrected chi connectivity index (χ3v) is 5.33. The molecular weight excluding hydrogens is 449 g/mol. The average molecular weight is 483 g/mol. The Morgan fingerprint density at radius 1 is 0.900 bits per heavy atom. The van der Waals surface area contributed by atoms with Crippen molar-refractivity contribution in [3.05, 3.63) is 29.8 Å². The first-order valence-electron chi connectivity index (χ1n) is 9.96. The van der Waals surface area contributed by atoms with E-state index in [9.17, 15) is 9.59 Å². The Bertz CT molecular complexity index is 651. The third-order valence-electron chi connectivity index (χ3n) is 5.33. The zero-order chi connectivity index (χ0) is 19.1. The molecule has 7 nitrogen and oxygen atoms in total. The van der Waals surface area contributed by atoms with Crippen molar-refractivity contribution in [3.63, 3.8) is 0 Å². The number of halogens is 3. The van der Waals surface area contributed by atoms with Crippen molar-refractivity contribution in [2.75, 3.05) is 70.8 Å². The SMILES string of the molecule is CCc1ccccc1NC(=O)CN1CCN(C(=O)CN2CCNCC2)CC1.Cl.Cl.Cl. The van der Waals surface area contributed by atoms with Gasteiger partial charge in [0.05, 0.1) is 13.1 Å². The summed E-state index contributed by atoms with van der Waals surface area (Å²) in [6.45, 7) is 9.64. The number of amides is 2. The first-order valence-corrected chi connectivity index (χ1v) is 9.96. The van der Waals surface area contributed by atoms with Crippen LogP contribution in [0.3, 0.4) is 0 Å². The molecule has 2 saturated heterocycles. The number of aryl methyl sites for hydroxylation is 1. The largest absolute Gasteiger partial charge is 0.339 e. The minimum absolute atomic E-state index is 0. The van der Waals surface area contributed by atoms with Crippen molar-refractivity contribution in [2.24, 2.45) is 0 Å². The van der Waals surface area contributed by atoms with Crippen LogP contribution in [0.1, 0.15) is 12.5 Å². The molecule has 0 aromatic heterocycles. The molecule has 2 N–H and O–H groups in total. The van der Waals surface area contributed by atoms with Crippen LogP contribution >= 0.6 is 37.2 Å². The van der Waals surface area contributed by atoms with Crippen molar-refractivity contribution in [1.82, 2.24) is 20.0 Å². The van der Waals surface area contributed by atoms with Crippen LogP contribution in [-0.2, 0) is 16.0 Å². The van der Waals surface area contributed by atoms with Gasteiger partial charge in [-0.1, -0.05) is 25.1 Å². The number of carbonyl (C=O) groups excluding carboxylic acids is 2. The van der Waals surface area contributed by atoms with E-state index >= 15 is 0 Å². The summed E-state index contributed by atoms with van der Waals surface area (Å²) >= 11 is 0. The van der Waals surface area contributed by atoms with Crippen LogP contribution in [0.2, 0.25) is 0 Å². The summed E-state index contributed by atoms with van der Waals surface area (Å²) in [6, 6.07) is 7.92. The number of benzene rings is 1. The van der Waals surface area contributed by atoms with E-state index in [1.165, 1.54) is 0 Å². The van der Waals surface area contributed by atoms with E-state index in [4.69, 9.17) is 0 Å². The predicted octanol–water partition coefficient (Wildman–Crippen LogP) is 1.50. The van der Waals surface area contributed by atoms with Gasteiger partial charge < -0.3 is 15.5 Å². The Labute approximate surface area is 198 Å². The van der Waals surface area contributed by atoms with E-state index in [0.717, 1.165) is 56.9 Å². The van der Waals surface area contributed by atoms with Gasteiger partial charge >= 0.3 is 0 Å². The highest BCUT2D eigenvalue weighted by Gasteiger charge is 2.24. The standard InChI is InChI=1S/C20H31N5O2.3ClH/c1-2-17-5-3-4-6-18(17)22-19(26)15-24-11-13-25(14-12-24)20(27)16-23-9-7-21-8-10-23;;;/h3-6,21H,2,7-16H2,1H3,(H,22,26);3*1H. The summed E-state index contributed by atoms with van der Waals surface area (Å²) in [5.41, 5.74) is 2.05. The van der Waals surface area contributed by atoms with E-state index in [1.807, 2.05) is 29.2 Å². The van der Waals surface area contributed by atoms with E-state index in [-0.39, 0.29) is 49.0 Å². The van der Waals surface area contributed by atoms with Gasteiger partial charge in [-0.3, -0.25) is 19.4 Å². The van der Waals surface area contributed by atoms with Gasteiger partial charge in [0.1, 0.15) is 0 Å². The monoisotopic (exact) mass is 481 g/mol. The maximum atomic E-state index is 12.5. The van der Waals surface area contributed by atoms with Crippen LogP contribution in [0.25, 0.3) is 0 Å². The quantitative estimate of drug-likeness (QED) is 0.643. The number of nitrogens with one attached hydrogen (secondary N) is 2. The molecule has 0 unspecified atom stereocenters. The zero-order valence-electron chi connectivity index (χ0n) is 17.5. The minimum atomic E-state index is 0. The lowest BCUT2D eigenvalue weighted by atomic mass is 10.1. The number of anilines is 1. The molecule has 2 aliphatic heterocycles. The van der Waals surface area contributed by atoms with E-state index in [2.05, 4.69) is 27.4 Å². The number of hydrogen-bond donors (Lipinski definition) is 2. The van der Waals surface area contributed by atoms with Crippen molar-refractivity contribution in [3.8, 4) is 0 Å². The summed E-state index contributed by atoms with van der Waals surface area (Å²) in [6.07, 6.45) is 0.893. The maximum absolute atomic E-state index is 12.5. The number of carbonyl (C=O) groups is 2. The van der Waals surface area contributed by atoms with Gasteiger partial charge in [-0.25, -0.2) is 0 Å². The molecule has 0 atom stereocenters. The van der Waals surface area contributed by atoms with E-state index < -0.39 is 0 Å². The smallest absolute Gasteiger partial charge is 0.238 e. The predicted molar refractivity (Wildman–Crippen MR) is 129 cm³/mol. The van der Waals surface area contributed by atoms with Gasteiger partial charge in [-0.2, -0.15) is 0 Å². The minimum Gasteiger partial charge on any atom is -0.339 e. The lowest BCUT2D eigenvalue weighted by molar-refractivity contribution is -0.134. The second kappa shape index (κ2) is 14.8. The Balaban J connectivity index is 0.00000280. The highest BCUT2D eigenvalue weighted by atomic mass is 35.5. The number of hydrogen-bond acceptors (Lipinski definition) is 5. The van der Waals surface area contributed by atoms with Gasteiger partial charge in [0.25, 0.3) is 0 Å². The van der Waals surface area contributed by atoms with Crippen LogP contribution in [0, 0.1) is 0 Å². The molecule has 2 aliphatic rings. The number of nitrogens with zero attached hydrogens (tertiary/aromatic N) is 3. The van der Waals surface area contributed by atoms with Crippen LogP contribution in [-0.4, -0.2) is 92.0 Å². The highest BCUT2D eigenvalue weighted by Crippen LogP contribution is 2.15. The fourth-order valence-corrected chi connectivity index (χ4v) is 3.66. The molecule has 2 amide bonds. The summed E-state index contributed by atoms with van der Waals surface area (Å²) in [4.78, 5) is 31.1.